The third-order valence-corrected chi connectivity index (χ3v) is 3.48. The molecule has 2 aromatic heterocycles. The SMILES string of the molecule is CCCCn1c(CC)nc2c1c(=O)n(C)c(=O)n2C.CNC. The molecule has 0 saturated carbocycles. The van der Waals surface area contributed by atoms with Crippen LogP contribution in [0.25, 0.3) is 11.2 Å². The number of nitrogens with one attached hydrogen (secondary N) is 1. The zero-order chi connectivity index (χ0) is 16.9. The Hall–Kier alpha value is -1.89. The first-order valence-electron chi connectivity index (χ1n) is 7.68. The molecule has 2 heterocycles. The maximum absolute atomic E-state index is 12.3. The minimum absolute atomic E-state index is 0.263. The fraction of sp³-hybridized carbons (Fsp3) is 0.667. The van der Waals surface area contributed by atoms with Gasteiger partial charge in [0.2, 0.25) is 0 Å². The molecule has 0 aliphatic carbocycles. The fourth-order valence-corrected chi connectivity index (χ4v) is 2.32. The van der Waals surface area contributed by atoms with Gasteiger partial charge in [-0.15, -0.1) is 0 Å². The van der Waals surface area contributed by atoms with Crippen LogP contribution in [0.2, 0.25) is 0 Å². The molecule has 2 aromatic rings. The van der Waals surface area contributed by atoms with Gasteiger partial charge in [-0.3, -0.25) is 13.9 Å². The van der Waals surface area contributed by atoms with Crippen molar-refractivity contribution in [2.24, 2.45) is 14.1 Å². The first-order valence-corrected chi connectivity index (χ1v) is 7.68. The molecule has 2 rings (SSSR count). The highest BCUT2D eigenvalue weighted by Gasteiger charge is 2.17. The molecule has 7 nitrogen and oxygen atoms in total. The molecular weight excluding hydrogens is 282 g/mol. The summed E-state index contributed by atoms with van der Waals surface area (Å²) in [6, 6.07) is 0. The number of hydrogen-bond donors (Lipinski definition) is 1. The number of aromatic nitrogens is 4. The van der Waals surface area contributed by atoms with Crippen molar-refractivity contribution in [3.8, 4) is 0 Å². The summed E-state index contributed by atoms with van der Waals surface area (Å²) in [6.45, 7) is 4.88. The van der Waals surface area contributed by atoms with Gasteiger partial charge in [-0.1, -0.05) is 20.3 Å². The summed E-state index contributed by atoms with van der Waals surface area (Å²) in [5.74, 6) is 0.863. The van der Waals surface area contributed by atoms with E-state index in [1.165, 1.54) is 11.6 Å². The number of imidazole rings is 1. The van der Waals surface area contributed by atoms with E-state index in [1.807, 2.05) is 25.6 Å². The van der Waals surface area contributed by atoms with Gasteiger partial charge < -0.3 is 9.88 Å². The van der Waals surface area contributed by atoms with Crippen LogP contribution in [0.3, 0.4) is 0 Å². The topological polar surface area (TPSA) is 73.8 Å². The average molecular weight is 309 g/mol. The lowest BCUT2D eigenvalue weighted by atomic mass is 10.3. The normalized spacial score (nSPS) is 10.6. The van der Waals surface area contributed by atoms with Gasteiger partial charge in [-0.25, -0.2) is 9.78 Å². The van der Waals surface area contributed by atoms with Crippen LogP contribution < -0.4 is 16.6 Å². The summed E-state index contributed by atoms with van der Waals surface area (Å²) in [7, 11) is 6.91. The molecule has 0 atom stereocenters. The van der Waals surface area contributed by atoms with Crippen LogP contribution in [-0.2, 0) is 27.1 Å². The second-order valence-electron chi connectivity index (χ2n) is 5.26. The molecular formula is C15H27N5O2. The summed E-state index contributed by atoms with van der Waals surface area (Å²) < 4.78 is 4.55. The van der Waals surface area contributed by atoms with Gasteiger partial charge >= 0.3 is 5.69 Å². The zero-order valence-electron chi connectivity index (χ0n) is 14.4. The second kappa shape index (κ2) is 7.93. The fourth-order valence-electron chi connectivity index (χ4n) is 2.32. The number of nitrogens with zero attached hydrogens (tertiary/aromatic N) is 4. The Morgan fingerprint density at radius 1 is 1.09 bits per heavy atom. The van der Waals surface area contributed by atoms with Crippen LogP contribution in [-0.4, -0.2) is 32.8 Å². The highest BCUT2D eigenvalue weighted by atomic mass is 16.2. The van der Waals surface area contributed by atoms with E-state index in [1.54, 1.807) is 7.05 Å². The van der Waals surface area contributed by atoms with Crippen molar-refractivity contribution < 1.29 is 0 Å². The van der Waals surface area contributed by atoms with Crippen LogP contribution in [0.4, 0.5) is 0 Å². The Morgan fingerprint density at radius 2 is 1.68 bits per heavy atom. The van der Waals surface area contributed by atoms with Crippen LogP contribution in [0.1, 0.15) is 32.5 Å². The van der Waals surface area contributed by atoms with E-state index in [9.17, 15) is 9.59 Å². The molecule has 0 amide bonds. The van der Waals surface area contributed by atoms with Crippen LogP contribution in [0.5, 0.6) is 0 Å². The zero-order valence-corrected chi connectivity index (χ0v) is 14.4. The molecule has 0 unspecified atom stereocenters. The standard InChI is InChI=1S/C13H20N4O2.C2H7N/c1-5-7-8-17-9(6-2)14-11-10(17)12(18)16(4)13(19)15(11)3;1-3-2/h5-8H2,1-4H3;3H,1-2H3. The van der Waals surface area contributed by atoms with Crippen LogP contribution in [0, 0.1) is 0 Å². The first kappa shape index (κ1) is 18.2. The summed E-state index contributed by atoms with van der Waals surface area (Å²) in [5, 5.41) is 2.75. The maximum Gasteiger partial charge on any atom is 0.332 e. The van der Waals surface area contributed by atoms with Crippen molar-refractivity contribution >= 4 is 11.2 Å². The summed E-state index contributed by atoms with van der Waals surface area (Å²) in [6.07, 6.45) is 2.79. The van der Waals surface area contributed by atoms with Gasteiger partial charge in [0.05, 0.1) is 0 Å². The monoisotopic (exact) mass is 309 g/mol. The molecule has 0 aliphatic rings. The van der Waals surface area contributed by atoms with Gasteiger partial charge in [-0.05, 0) is 20.5 Å². The van der Waals surface area contributed by atoms with Crippen molar-refractivity contribution in [1.29, 1.82) is 0 Å². The Labute approximate surface area is 130 Å². The second-order valence-corrected chi connectivity index (χ2v) is 5.26. The van der Waals surface area contributed by atoms with E-state index in [-0.39, 0.29) is 11.2 Å². The van der Waals surface area contributed by atoms with E-state index < -0.39 is 0 Å². The lowest BCUT2D eigenvalue weighted by Gasteiger charge is -2.07. The molecule has 0 aliphatic heterocycles. The Balaban J connectivity index is 0.000000745. The Morgan fingerprint density at radius 3 is 2.18 bits per heavy atom. The van der Waals surface area contributed by atoms with E-state index in [0.717, 1.165) is 36.2 Å². The van der Waals surface area contributed by atoms with Gasteiger partial charge in [0.1, 0.15) is 5.82 Å². The van der Waals surface area contributed by atoms with E-state index in [4.69, 9.17) is 0 Å². The van der Waals surface area contributed by atoms with Crippen LogP contribution >= 0.6 is 0 Å². The first-order chi connectivity index (χ1) is 10.4. The highest BCUT2D eigenvalue weighted by molar-refractivity contribution is 5.71. The number of unbranched alkanes of at least 4 members (excludes halogenated alkanes) is 1. The average Bonchev–Trinajstić information content (AvgIpc) is 2.88. The van der Waals surface area contributed by atoms with Crippen LogP contribution in [0.15, 0.2) is 9.59 Å². The molecule has 0 spiro atoms. The predicted molar refractivity (Wildman–Crippen MR) is 89.5 cm³/mol. The van der Waals surface area contributed by atoms with E-state index in [2.05, 4.69) is 17.2 Å². The summed E-state index contributed by atoms with van der Waals surface area (Å²) in [5.41, 5.74) is 0.428. The number of rotatable bonds is 4. The largest absolute Gasteiger partial charge is 0.332 e. The minimum atomic E-state index is -0.333. The molecule has 0 fully saturated rings. The quantitative estimate of drug-likeness (QED) is 0.899. The molecule has 1 N–H and O–H groups in total. The third kappa shape index (κ3) is 3.30. The Bertz CT molecular complexity index is 739. The number of aryl methyl sites for hydroxylation is 3. The van der Waals surface area contributed by atoms with E-state index in [0.29, 0.717) is 11.2 Å². The van der Waals surface area contributed by atoms with Crippen molar-refractivity contribution in [3.63, 3.8) is 0 Å². The third-order valence-electron chi connectivity index (χ3n) is 3.48. The van der Waals surface area contributed by atoms with Crippen molar-refractivity contribution in [1.82, 2.24) is 24.0 Å². The number of hydrogen-bond acceptors (Lipinski definition) is 4. The van der Waals surface area contributed by atoms with Gasteiger partial charge in [0.15, 0.2) is 11.2 Å². The predicted octanol–water partition coefficient (Wildman–Crippen LogP) is 0.632. The highest BCUT2D eigenvalue weighted by Crippen LogP contribution is 2.12. The lowest BCUT2D eigenvalue weighted by Crippen LogP contribution is -2.37. The molecule has 0 radical (unpaired) electrons. The van der Waals surface area contributed by atoms with Gasteiger partial charge in [0, 0.05) is 27.1 Å². The van der Waals surface area contributed by atoms with Crippen molar-refractivity contribution in [3.05, 3.63) is 26.7 Å². The van der Waals surface area contributed by atoms with Gasteiger partial charge in [0.25, 0.3) is 5.56 Å². The molecule has 22 heavy (non-hydrogen) atoms. The molecule has 0 aromatic carbocycles. The van der Waals surface area contributed by atoms with E-state index >= 15 is 0 Å². The smallest absolute Gasteiger partial charge is 0.323 e. The Kier molecular flexibility index (Phi) is 6.55. The maximum atomic E-state index is 12.3. The van der Waals surface area contributed by atoms with Crippen molar-refractivity contribution in [2.45, 2.75) is 39.7 Å². The molecule has 0 saturated heterocycles. The minimum Gasteiger partial charge on any atom is -0.323 e. The molecule has 0 bridgehead atoms. The van der Waals surface area contributed by atoms with Gasteiger partial charge in [-0.2, -0.15) is 0 Å². The molecule has 124 valence electrons. The summed E-state index contributed by atoms with van der Waals surface area (Å²) >= 11 is 0. The number of fused-ring (bicyclic) bond motifs is 1. The van der Waals surface area contributed by atoms with Crippen molar-refractivity contribution in [2.75, 3.05) is 14.1 Å². The summed E-state index contributed by atoms with van der Waals surface area (Å²) in [4.78, 5) is 28.7. The molecule has 7 heteroatoms. The lowest BCUT2D eigenvalue weighted by molar-refractivity contribution is 0.615.